The number of aromatic amines is 1. The summed E-state index contributed by atoms with van der Waals surface area (Å²) in [5, 5.41) is 1.74. The van der Waals surface area contributed by atoms with Crippen molar-refractivity contribution >= 4 is 34.3 Å². The van der Waals surface area contributed by atoms with Gasteiger partial charge in [0.05, 0.1) is 6.54 Å². The van der Waals surface area contributed by atoms with Crippen LogP contribution < -0.4 is 4.74 Å². The molecule has 0 atom stereocenters. The topological polar surface area (TPSA) is 74.9 Å². The number of H-pyrrole nitrogens is 1. The first-order valence-corrected chi connectivity index (χ1v) is 13.4. The van der Waals surface area contributed by atoms with Crippen LogP contribution in [0.3, 0.4) is 0 Å². The van der Waals surface area contributed by atoms with Crippen molar-refractivity contribution in [2.45, 2.75) is 19.4 Å². The molecule has 0 unspecified atom stereocenters. The van der Waals surface area contributed by atoms with Crippen LogP contribution in [0.25, 0.3) is 10.9 Å². The predicted molar refractivity (Wildman–Crippen MR) is 154 cm³/mol. The lowest BCUT2D eigenvalue weighted by molar-refractivity contribution is -0.142. The summed E-state index contributed by atoms with van der Waals surface area (Å²) in [6, 6.07) is 24.9. The zero-order valence-electron chi connectivity index (χ0n) is 22.1. The van der Waals surface area contributed by atoms with Crippen molar-refractivity contribution < 1.29 is 19.1 Å². The Morgan fingerprint density at radius 1 is 0.872 bits per heavy atom. The molecular weight excluding hydrogens is 514 g/mol. The Balaban J connectivity index is 1.45. The summed E-state index contributed by atoms with van der Waals surface area (Å²) in [5.41, 5.74) is 3.26. The van der Waals surface area contributed by atoms with Gasteiger partial charge in [0.1, 0.15) is 5.75 Å². The van der Waals surface area contributed by atoms with E-state index in [-0.39, 0.29) is 25.0 Å². The molecule has 0 radical (unpaired) electrons. The number of hydrogen-bond acceptors (Lipinski definition) is 4. The molecule has 0 spiro atoms. The smallest absolute Gasteiger partial charge is 0.260 e. The number of aromatic nitrogens is 1. The van der Waals surface area contributed by atoms with Gasteiger partial charge in [-0.3, -0.25) is 9.59 Å². The van der Waals surface area contributed by atoms with E-state index >= 15 is 0 Å². The predicted octanol–water partition coefficient (Wildman–Crippen LogP) is 5.34. The second kappa shape index (κ2) is 14.4. The molecule has 0 aliphatic rings. The van der Waals surface area contributed by atoms with Crippen LogP contribution in [0.15, 0.2) is 85.1 Å². The Labute approximate surface area is 234 Å². The molecule has 7 nitrogen and oxygen atoms in total. The number of rotatable bonds is 14. The molecule has 39 heavy (non-hydrogen) atoms. The quantitative estimate of drug-likeness (QED) is 0.216. The van der Waals surface area contributed by atoms with E-state index in [4.69, 9.17) is 21.1 Å². The number of ether oxygens (including phenoxy) is 2. The lowest BCUT2D eigenvalue weighted by atomic mass is 10.1. The number of amides is 2. The SMILES string of the molecule is COCCCN(CC(=O)N(CCc1c[nH]c2ccccc12)Cc1ccccc1)C(=O)COc1ccc(Cl)cc1. The van der Waals surface area contributed by atoms with Crippen LogP contribution in [0.5, 0.6) is 5.75 Å². The van der Waals surface area contributed by atoms with Crippen LogP contribution in [0.1, 0.15) is 17.5 Å². The fourth-order valence-corrected chi connectivity index (χ4v) is 4.54. The van der Waals surface area contributed by atoms with E-state index in [0.29, 0.717) is 49.9 Å². The minimum Gasteiger partial charge on any atom is -0.484 e. The molecule has 4 aromatic rings. The molecule has 8 heteroatoms. The van der Waals surface area contributed by atoms with Gasteiger partial charge in [-0.2, -0.15) is 0 Å². The van der Waals surface area contributed by atoms with E-state index in [0.717, 1.165) is 22.0 Å². The van der Waals surface area contributed by atoms with Gasteiger partial charge in [-0.1, -0.05) is 60.1 Å². The van der Waals surface area contributed by atoms with Crippen molar-refractivity contribution in [2.75, 3.05) is 40.0 Å². The Morgan fingerprint density at radius 2 is 1.62 bits per heavy atom. The summed E-state index contributed by atoms with van der Waals surface area (Å²) in [5.74, 6) is 0.169. The summed E-state index contributed by atoms with van der Waals surface area (Å²) >= 11 is 5.94. The van der Waals surface area contributed by atoms with Gasteiger partial charge in [-0.25, -0.2) is 0 Å². The zero-order valence-corrected chi connectivity index (χ0v) is 22.9. The maximum Gasteiger partial charge on any atom is 0.260 e. The number of nitrogens with zero attached hydrogens (tertiary/aromatic N) is 2. The van der Waals surface area contributed by atoms with Crippen LogP contribution >= 0.6 is 11.6 Å². The maximum atomic E-state index is 13.7. The minimum absolute atomic E-state index is 0.0345. The number of carbonyl (C=O) groups is 2. The number of hydrogen-bond donors (Lipinski definition) is 1. The minimum atomic E-state index is -0.259. The number of nitrogens with one attached hydrogen (secondary N) is 1. The molecule has 3 aromatic carbocycles. The van der Waals surface area contributed by atoms with E-state index in [9.17, 15) is 9.59 Å². The van der Waals surface area contributed by atoms with Crippen molar-refractivity contribution in [3.8, 4) is 5.75 Å². The summed E-state index contributed by atoms with van der Waals surface area (Å²) < 4.78 is 10.9. The summed E-state index contributed by atoms with van der Waals surface area (Å²) in [4.78, 5) is 33.5. The van der Waals surface area contributed by atoms with Gasteiger partial charge in [0, 0.05) is 55.5 Å². The molecular formula is C31H34ClN3O4. The van der Waals surface area contributed by atoms with Crippen molar-refractivity contribution in [3.05, 3.63) is 101 Å². The number of fused-ring (bicyclic) bond motifs is 1. The third kappa shape index (κ3) is 8.34. The average molecular weight is 548 g/mol. The van der Waals surface area contributed by atoms with Crippen molar-refractivity contribution in [2.24, 2.45) is 0 Å². The molecule has 0 saturated heterocycles. The number of para-hydroxylation sites is 1. The lowest BCUT2D eigenvalue weighted by Crippen LogP contribution is -2.45. The summed E-state index contributed by atoms with van der Waals surface area (Å²) in [7, 11) is 1.62. The van der Waals surface area contributed by atoms with Crippen LogP contribution in [-0.4, -0.2) is 66.6 Å². The van der Waals surface area contributed by atoms with Crippen LogP contribution in [0, 0.1) is 0 Å². The Kier molecular flexibility index (Phi) is 10.4. The van der Waals surface area contributed by atoms with Crippen molar-refractivity contribution in [1.29, 1.82) is 0 Å². The largest absolute Gasteiger partial charge is 0.484 e. The standard InChI is InChI=1S/C31H34ClN3O4/c1-38-19-7-17-34(31(37)23-39-27-14-12-26(32)13-15-27)22-30(36)35(21-24-8-3-2-4-9-24)18-16-25-20-33-29-11-6-5-10-28(25)29/h2-6,8-15,20,33H,7,16-19,21-23H2,1H3. The molecule has 0 aliphatic carbocycles. The average Bonchev–Trinajstić information content (AvgIpc) is 3.38. The van der Waals surface area contributed by atoms with Crippen LogP contribution in [0.2, 0.25) is 5.02 Å². The third-order valence-corrected chi connectivity index (χ3v) is 6.78. The monoisotopic (exact) mass is 547 g/mol. The molecule has 1 aromatic heterocycles. The van der Waals surface area contributed by atoms with Crippen LogP contribution in [0.4, 0.5) is 0 Å². The number of benzene rings is 3. The zero-order chi connectivity index (χ0) is 27.5. The summed E-state index contributed by atoms with van der Waals surface area (Å²) in [6.45, 7) is 1.66. The lowest BCUT2D eigenvalue weighted by Gasteiger charge is -2.28. The number of carbonyl (C=O) groups excluding carboxylic acids is 2. The highest BCUT2D eigenvalue weighted by Gasteiger charge is 2.22. The highest BCUT2D eigenvalue weighted by Crippen LogP contribution is 2.19. The molecule has 4 rings (SSSR count). The molecule has 1 heterocycles. The Hall–Kier alpha value is -3.81. The normalized spacial score (nSPS) is 10.9. The van der Waals surface area contributed by atoms with Gasteiger partial charge in [0.15, 0.2) is 6.61 Å². The number of halogens is 1. The molecule has 0 fully saturated rings. The Morgan fingerprint density at radius 3 is 2.38 bits per heavy atom. The molecule has 2 amide bonds. The Bertz CT molecular complexity index is 1340. The van der Waals surface area contributed by atoms with Gasteiger partial charge < -0.3 is 24.3 Å². The molecule has 0 bridgehead atoms. The second-order valence-corrected chi connectivity index (χ2v) is 9.75. The molecule has 1 N–H and O–H groups in total. The third-order valence-electron chi connectivity index (χ3n) is 6.53. The van der Waals surface area contributed by atoms with Crippen molar-refractivity contribution in [1.82, 2.24) is 14.8 Å². The fraction of sp³-hybridized carbons (Fsp3) is 0.290. The molecule has 0 saturated carbocycles. The van der Waals surface area contributed by atoms with E-state index in [1.54, 1.807) is 36.3 Å². The first-order chi connectivity index (χ1) is 19.0. The van der Waals surface area contributed by atoms with Gasteiger partial charge >= 0.3 is 0 Å². The highest BCUT2D eigenvalue weighted by atomic mass is 35.5. The molecule has 0 aliphatic heterocycles. The number of methoxy groups -OCH3 is 1. The molecule has 204 valence electrons. The van der Waals surface area contributed by atoms with E-state index in [2.05, 4.69) is 11.1 Å². The van der Waals surface area contributed by atoms with E-state index in [1.165, 1.54) is 0 Å². The summed E-state index contributed by atoms with van der Waals surface area (Å²) in [6.07, 6.45) is 3.31. The fourth-order valence-electron chi connectivity index (χ4n) is 4.41. The highest BCUT2D eigenvalue weighted by molar-refractivity contribution is 6.30. The van der Waals surface area contributed by atoms with Crippen LogP contribution in [-0.2, 0) is 27.3 Å². The second-order valence-electron chi connectivity index (χ2n) is 9.31. The first-order valence-electron chi connectivity index (χ1n) is 13.1. The van der Waals surface area contributed by atoms with Crippen molar-refractivity contribution in [3.63, 3.8) is 0 Å². The first kappa shape index (κ1) is 28.2. The van der Waals surface area contributed by atoms with Gasteiger partial charge in [-0.15, -0.1) is 0 Å². The maximum absolute atomic E-state index is 13.7. The van der Waals surface area contributed by atoms with Gasteiger partial charge in [0.2, 0.25) is 5.91 Å². The van der Waals surface area contributed by atoms with Gasteiger partial charge in [-0.05, 0) is 54.3 Å². The van der Waals surface area contributed by atoms with E-state index < -0.39 is 0 Å². The van der Waals surface area contributed by atoms with Gasteiger partial charge in [0.25, 0.3) is 5.91 Å². The van der Waals surface area contributed by atoms with E-state index in [1.807, 2.05) is 59.6 Å².